The minimum Gasteiger partial charge on any atom is -0.496 e. The first kappa shape index (κ1) is 19.9. The summed E-state index contributed by atoms with van der Waals surface area (Å²) in [6.07, 6.45) is 1.53. The lowest BCUT2D eigenvalue weighted by Gasteiger charge is -2.18. The number of benzene rings is 3. The minimum absolute atomic E-state index is 0. The summed E-state index contributed by atoms with van der Waals surface area (Å²) in [7, 11) is 1.58. The number of rotatable bonds is 6. The van der Waals surface area contributed by atoms with E-state index in [0.717, 1.165) is 29.5 Å². The molecule has 7 nitrogen and oxygen atoms in total. The fourth-order valence-electron chi connectivity index (χ4n) is 4.07. The van der Waals surface area contributed by atoms with Crippen molar-refractivity contribution in [3.63, 3.8) is 0 Å². The van der Waals surface area contributed by atoms with E-state index in [-0.39, 0.29) is 15.6 Å². The Balaban J connectivity index is 0.00000162. The molecule has 5 rings (SSSR count). The first-order valence-electron chi connectivity index (χ1n) is 10.3. The van der Waals surface area contributed by atoms with Gasteiger partial charge in [0, 0.05) is 19.7 Å². The van der Waals surface area contributed by atoms with Crippen LogP contribution in [0.5, 0.6) is 17.2 Å². The zero-order chi connectivity index (χ0) is 22.3. The molecule has 3 aromatic carbocycles. The molecule has 3 aromatic rings. The van der Waals surface area contributed by atoms with E-state index in [4.69, 9.17) is 19.9 Å². The zero-order valence-corrected chi connectivity index (χ0v) is 17.5. The monoisotopic (exact) mass is 434 g/mol. The Hall–Kier alpha value is -4.00. The summed E-state index contributed by atoms with van der Waals surface area (Å²) in [5.41, 5.74) is 8.33. The molecule has 0 atom stereocenters. The third-order valence-electron chi connectivity index (χ3n) is 6.03. The molecule has 0 radical (unpaired) electrons. The van der Waals surface area contributed by atoms with Gasteiger partial charge in [-0.1, -0.05) is 18.2 Å². The Morgan fingerprint density at radius 3 is 2.59 bits per heavy atom. The van der Waals surface area contributed by atoms with Crippen LogP contribution >= 0.6 is 0 Å². The van der Waals surface area contributed by atoms with Crippen LogP contribution in [0.25, 0.3) is 11.1 Å². The van der Waals surface area contributed by atoms with Crippen LogP contribution in [0.15, 0.2) is 60.7 Å². The predicted octanol–water partition coefficient (Wildman–Crippen LogP) is 4.35. The van der Waals surface area contributed by atoms with Crippen molar-refractivity contribution in [1.82, 2.24) is 0 Å². The fraction of sp³-hybridized carbons (Fsp3) is 0.200. The molecule has 166 valence electrons. The predicted molar refractivity (Wildman–Crippen MR) is 123 cm³/mol. The molecule has 1 aliphatic heterocycles. The highest BCUT2D eigenvalue weighted by Crippen LogP contribution is 2.51. The van der Waals surface area contributed by atoms with Gasteiger partial charge in [-0.3, -0.25) is 9.59 Å². The maximum atomic E-state index is 13.3. The number of amides is 2. The number of carbonyl (C=O) groups is 2. The first-order chi connectivity index (χ1) is 15.5. The van der Waals surface area contributed by atoms with Crippen LogP contribution in [-0.4, -0.2) is 25.7 Å². The minimum atomic E-state index is -0.576. The van der Waals surface area contributed by atoms with Crippen molar-refractivity contribution in [3.05, 3.63) is 71.8 Å². The maximum absolute atomic E-state index is 13.3. The number of ether oxygens (including phenoxy) is 3. The summed E-state index contributed by atoms with van der Waals surface area (Å²) in [5.74, 6) is 1.42. The van der Waals surface area contributed by atoms with Gasteiger partial charge < -0.3 is 25.3 Å². The third kappa shape index (κ3) is 3.41. The smallest absolute Gasteiger partial charge is 0.248 e. The molecule has 1 fully saturated rings. The van der Waals surface area contributed by atoms with Gasteiger partial charge in [0.15, 0.2) is 11.5 Å². The molecule has 1 heterocycles. The number of fused-ring (bicyclic) bond motifs is 1. The van der Waals surface area contributed by atoms with Crippen molar-refractivity contribution < 1.29 is 26.7 Å². The number of methoxy groups -OCH3 is 1. The Morgan fingerprint density at radius 1 is 1.03 bits per heavy atom. The lowest BCUT2D eigenvalue weighted by molar-refractivity contribution is -0.118. The van der Waals surface area contributed by atoms with Gasteiger partial charge >= 0.3 is 0 Å². The van der Waals surface area contributed by atoms with Crippen molar-refractivity contribution in [1.29, 1.82) is 0 Å². The third-order valence-corrected chi connectivity index (χ3v) is 6.03. The largest absolute Gasteiger partial charge is 0.496 e. The molecule has 7 heteroatoms. The molecular formula is C25H26N2O5. The van der Waals surface area contributed by atoms with Gasteiger partial charge in [0.2, 0.25) is 18.6 Å². The number of anilines is 1. The standard InChI is InChI=1S/C25H22N2O5.2H2/c1-30-20-8-6-18(13-19(20)15-3-2-4-16(11-15)23(26)28)27-24(29)25(9-10-25)17-5-7-21-22(12-17)32-14-31-21;;/h2-8,11-13H,9-10,14H2,1H3,(H2,26,28)(H,27,29);2*1H. The van der Waals surface area contributed by atoms with E-state index < -0.39 is 11.3 Å². The normalized spacial score (nSPS) is 15.2. The Kier molecular flexibility index (Phi) is 4.74. The van der Waals surface area contributed by atoms with Crippen LogP contribution in [0.2, 0.25) is 0 Å². The van der Waals surface area contributed by atoms with Crippen LogP contribution in [-0.2, 0) is 10.2 Å². The van der Waals surface area contributed by atoms with Gasteiger partial charge in [0.1, 0.15) is 5.75 Å². The van der Waals surface area contributed by atoms with Gasteiger partial charge in [-0.05, 0) is 66.4 Å². The average molecular weight is 434 g/mol. The SMILES string of the molecule is COc1ccc(NC(=O)C2(c3ccc4c(c3)OCO4)CC2)cc1-c1cccc(C(N)=O)c1.[HH].[HH]. The second-order valence-electron chi connectivity index (χ2n) is 7.96. The van der Waals surface area contributed by atoms with E-state index in [1.54, 1.807) is 37.4 Å². The van der Waals surface area contributed by atoms with Gasteiger partial charge in [0.25, 0.3) is 0 Å². The average Bonchev–Trinajstić information content (AvgIpc) is 3.50. The number of primary amides is 1. The number of nitrogens with one attached hydrogen (secondary N) is 1. The highest BCUT2D eigenvalue weighted by molar-refractivity contribution is 6.02. The molecule has 32 heavy (non-hydrogen) atoms. The molecule has 2 amide bonds. The van der Waals surface area contributed by atoms with Crippen molar-refractivity contribution in [2.24, 2.45) is 5.73 Å². The Bertz CT molecular complexity index is 1240. The van der Waals surface area contributed by atoms with Crippen molar-refractivity contribution in [2.45, 2.75) is 18.3 Å². The van der Waals surface area contributed by atoms with Crippen molar-refractivity contribution in [2.75, 3.05) is 19.2 Å². The summed E-state index contributed by atoms with van der Waals surface area (Å²) in [5, 5.41) is 3.05. The lowest BCUT2D eigenvalue weighted by atomic mass is 9.94. The van der Waals surface area contributed by atoms with Crippen LogP contribution < -0.4 is 25.3 Å². The summed E-state index contributed by atoms with van der Waals surface area (Å²) in [6.45, 7) is 0.198. The second kappa shape index (κ2) is 7.60. The molecule has 1 saturated carbocycles. The van der Waals surface area contributed by atoms with E-state index >= 15 is 0 Å². The molecule has 0 bridgehead atoms. The van der Waals surface area contributed by atoms with Gasteiger partial charge in [-0.25, -0.2) is 0 Å². The van der Waals surface area contributed by atoms with Crippen LogP contribution in [0.3, 0.4) is 0 Å². The lowest BCUT2D eigenvalue weighted by Crippen LogP contribution is -2.27. The number of hydrogen-bond donors (Lipinski definition) is 2. The molecule has 3 N–H and O–H groups in total. The summed E-state index contributed by atoms with van der Waals surface area (Å²) in [6, 6.07) is 18.1. The van der Waals surface area contributed by atoms with Crippen LogP contribution in [0, 0.1) is 0 Å². The zero-order valence-electron chi connectivity index (χ0n) is 17.5. The van der Waals surface area contributed by atoms with E-state index in [1.165, 1.54) is 0 Å². The van der Waals surface area contributed by atoms with Crippen LogP contribution in [0.1, 0.15) is 31.6 Å². The van der Waals surface area contributed by atoms with Crippen LogP contribution in [0.4, 0.5) is 5.69 Å². The molecule has 2 aliphatic rings. The van der Waals surface area contributed by atoms with Gasteiger partial charge in [0.05, 0.1) is 12.5 Å². The number of nitrogens with two attached hydrogens (primary N) is 1. The van der Waals surface area contributed by atoms with Gasteiger partial charge in [-0.2, -0.15) is 0 Å². The Morgan fingerprint density at radius 2 is 1.84 bits per heavy atom. The molecule has 0 saturated heterocycles. The van der Waals surface area contributed by atoms with E-state index in [1.807, 2.05) is 30.3 Å². The highest BCUT2D eigenvalue weighted by Gasteiger charge is 2.51. The van der Waals surface area contributed by atoms with E-state index in [2.05, 4.69) is 5.32 Å². The molecule has 0 unspecified atom stereocenters. The van der Waals surface area contributed by atoms with Gasteiger partial charge in [-0.15, -0.1) is 0 Å². The quantitative estimate of drug-likeness (QED) is 0.601. The molecule has 1 aliphatic carbocycles. The number of carbonyl (C=O) groups excluding carboxylic acids is 2. The highest BCUT2D eigenvalue weighted by atomic mass is 16.7. The molecule has 0 aromatic heterocycles. The van der Waals surface area contributed by atoms with Crippen molar-refractivity contribution in [3.8, 4) is 28.4 Å². The Labute approximate surface area is 188 Å². The second-order valence-corrected chi connectivity index (χ2v) is 7.96. The van der Waals surface area contributed by atoms with E-state index in [9.17, 15) is 9.59 Å². The molecule has 0 spiro atoms. The first-order valence-corrected chi connectivity index (χ1v) is 10.3. The summed E-state index contributed by atoms with van der Waals surface area (Å²) in [4.78, 5) is 24.9. The topological polar surface area (TPSA) is 99.9 Å². The summed E-state index contributed by atoms with van der Waals surface area (Å²) >= 11 is 0. The van der Waals surface area contributed by atoms with E-state index in [0.29, 0.717) is 28.5 Å². The number of hydrogen-bond acceptors (Lipinski definition) is 5. The van der Waals surface area contributed by atoms with Crippen molar-refractivity contribution >= 4 is 17.5 Å². The fourth-order valence-corrected chi connectivity index (χ4v) is 4.07. The molecular weight excluding hydrogens is 408 g/mol. The summed E-state index contributed by atoms with van der Waals surface area (Å²) < 4.78 is 16.4. The maximum Gasteiger partial charge on any atom is 0.248 e.